The number of nitrogens with zero attached hydrogens (tertiary/aromatic N) is 1. The molecule has 0 bridgehead atoms. The van der Waals surface area contributed by atoms with Crippen LogP contribution in [0.4, 0.5) is 0 Å². The fourth-order valence-corrected chi connectivity index (χ4v) is 1.39. The van der Waals surface area contributed by atoms with Crippen molar-refractivity contribution in [1.82, 2.24) is 4.98 Å². The molecular formula is C9H12N2. The summed E-state index contributed by atoms with van der Waals surface area (Å²) in [6.45, 7) is 2.17. The van der Waals surface area contributed by atoms with E-state index in [1.165, 1.54) is 0 Å². The maximum atomic E-state index is 5.79. The van der Waals surface area contributed by atoms with Crippen molar-refractivity contribution in [3.8, 4) is 0 Å². The normalized spacial score (nSPS) is 35.3. The predicted molar refractivity (Wildman–Crippen MR) is 44.2 cm³/mol. The van der Waals surface area contributed by atoms with Crippen molar-refractivity contribution in [1.29, 1.82) is 0 Å². The molecule has 2 atom stereocenters. The van der Waals surface area contributed by atoms with Gasteiger partial charge in [0.2, 0.25) is 0 Å². The topological polar surface area (TPSA) is 38.9 Å². The molecule has 0 spiro atoms. The van der Waals surface area contributed by atoms with Crippen molar-refractivity contribution < 1.29 is 0 Å². The minimum atomic E-state index is 0.168. The Morgan fingerprint density at radius 2 is 2.36 bits per heavy atom. The first-order chi connectivity index (χ1) is 5.23. The monoisotopic (exact) mass is 148 g/mol. The van der Waals surface area contributed by atoms with Gasteiger partial charge in [0.05, 0.1) is 0 Å². The standard InChI is InChI=1S/C9H12N2/c1-9(6-7(9)10)8-4-2-3-5-11-8/h2-5,7H,6,10H2,1H3. The SMILES string of the molecule is CC1(c2ccccn2)CC1N. The molecule has 2 rings (SSSR count). The highest BCUT2D eigenvalue weighted by molar-refractivity contribution is 5.28. The maximum absolute atomic E-state index is 5.79. The average molecular weight is 148 g/mol. The van der Waals surface area contributed by atoms with E-state index in [1.54, 1.807) is 0 Å². The van der Waals surface area contributed by atoms with Crippen LogP contribution in [0.5, 0.6) is 0 Å². The van der Waals surface area contributed by atoms with Crippen LogP contribution in [-0.4, -0.2) is 11.0 Å². The van der Waals surface area contributed by atoms with Crippen molar-refractivity contribution in [2.24, 2.45) is 5.73 Å². The number of nitrogens with two attached hydrogens (primary N) is 1. The summed E-state index contributed by atoms with van der Waals surface area (Å²) in [6, 6.07) is 6.31. The highest BCUT2D eigenvalue weighted by atomic mass is 14.9. The zero-order valence-corrected chi connectivity index (χ0v) is 6.62. The largest absolute Gasteiger partial charge is 0.327 e. The average Bonchev–Trinajstić information content (AvgIpc) is 2.64. The van der Waals surface area contributed by atoms with Gasteiger partial charge in [-0.2, -0.15) is 0 Å². The summed E-state index contributed by atoms with van der Waals surface area (Å²) in [5.74, 6) is 0. The van der Waals surface area contributed by atoms with Crippen LogP contribution >= 0.6 is 0 Å². The molecular weight excluding hydrogens is 136 g/mol. The molecule has 58 valence electrons. The molecule has 1 saturated carbocycles. The number of rotatable bonds is 1. The van der Waals surface area contributed by atoms with Gasteiger partial charge in [-0.25, -0.2) is 0 Å². The van der Waals surface area contributed by atoms with E-state index >= 15 is 0 Å². The second-order valence-corrected chi connectivity index (χ2v) is 3.44. The molecule has 1 aliphatic carbocycles. The van der Waals surface area contributed by atoms with Gasteiger partial charge < -0.3 is 5.73 Å². The third-order valence-electron chi connectivity index (χ3n) is 2.55. The zero-order chi connectivity index (χ0) is 7.90. The third-order valence-corrected chi connectivity index (χ3v) is 2.55. The van der Waals surface area contributed by atoms with Crippen LogP contribution < -0.4 is 5.73 Å². The molecule has 0 aromatic carbocycles. The predicted octanol–water partition coefficient (Wildman–Crippen LogP) is 1.07. The minimum absolute atomic E-state index is 0.168. The number of hydrogen-bond acceptors (Lipinski definition) is 2. The summed E-state index contributed by atoms with van der Waals surface area (Å²) < 4.78 is 0. The lowest BCUT2D eigenvalue weighted by Crippen LogP contribution is -2.15. The number of pyridine rings is 1. The van der Waals surface area contributed by atoms with Gasteiger partial charge in [-0.1, -0.05) is 13.0 Å². The second-order valence-electron chi connectivity index (χ2n) is 3.44. The van der Waals surface area contributed by atoms with Gasteiger partial charge in [0.25, 0.3) is 0 Å². The highest BCUT2D eigenvalue weighted by Crippen LogP contribution is 2.45. The van der Waals surface area contributed by atoms with Gasteiger partial charge >= 0.3 is 0 Å². The highest BCUT2D eigenvalue weighted by Gasteiger charge is 2.49. The Morgan fingerprint density at radius 1 is 1.64 bits per heavy atom. The van der Waals surface area contributed by atoms with Gasteiger partial charge in [0.1, 0.15) is 0 Å². The summed E-state index contributed by atoms with van der Waals surface area (Å²) in [6.07, 6.45) is 2.90. The first-order valence-corrected chi connectivity index (χ1v) is 3.90. The number of hydrogen-bond donors (Lipinski definition) is 1. The van der Waals surface area contributed by atoms with Crippen LogP contribution in [0.1, 0.15) is 19.0 Å². The molecule has 0 saturated heterocycles. The van der Waals surface area contributed by atoms with Crippen LogP contribution in [0, 0.1) is 0 Å². The molecule has 1 heterocycles. The van der Waals surface area contributed by atoms with E-state index in [1.807, 2.05) is 24.4 Å². The quantitative estimate of drug-likeness (QED) is 0.647. The van der Waals surface area contributed by atoms with Crippen molar-refractivity contribution in [3.05, 3.63) is 30.1 Å². The van der Waals surface area contributed by atoms with Gasteiger partial charge in [-0.3, -0.25) is 4.98 Å². The van der Waals surface area contributed by atoms with Crippen molar-refractivity contribution in [2.45, 2.75) is 24.8 Å². The molecule has 1 aromatic rings. The minimum Gasteiger partial charge on any atom is -0.327 e. The van der Waals surface area contributed by atoms with E-state index in [0.29, 0.717) is 6.04 Å². The van der Waals surface area contributed by atoms with Crippen LogP contribution in [0.2, 0.25) is 0 Å². The fraction of sp³-hybridized carbons (Fsp3) is 0.444. The fourth-order valence-electron chi connectivity index (χ4n) is 1.39. The molecule has 2 unspecified atom stereocenters. The third kappa shape index (κ3) is 0.942. The Balaban J connectivity index is 2.32. The molecule has 2 N–H and O–H groups in total. The summed E-state index contributed by atoms with van der Waals surface area (Å²) in [4.78, 5) is 4.28. The van der Waals surface area contributed by atoms with Crippen LogP contribution in [0.25, 0.3) is 0 Å². The molecule has 2 heteroatoms. The Hall–Kier alpha value is -0.890. The van der Waals surface area contributed by atoms with E-state index in [2.05, 4.69) is 11.9 Å². The molecule has 1 aromatic heterocycles. The molecule has 1 fully saturated rings. The van der Waals surface area contributed by atoms with E-state index < -0.39 is 0 Å². The summed E-state index contributed by atoms with van der Waals surface area (Å²) >= 11 is 0. The molecule has 0 amide bonds. The van der Waals surface area contributed by atoms with Gasteiger partial charge in [-0.05, 0) is 18.6 Å². The first-order valence-electron chi connectivity index (χ1n) is 3.90. The zero-order valence-electron chi connectivity index (χ0n) is 6.62. The summed E-state index contributed by atoms with van der Waals surface area (Å²) in [5, 5.41) is 0. The lowest BCUT2D eigenvalue weighted by molar-refractivity contribution is 0.711. The van der Waals surface area contributed by atoms with Gasteiger partial charge in [0, 0.05) is 23.3 Å². The lowest BCUT2D eigenvalue weighted by Gasteiger charge is -2.06. The van der Waals surface area contributed by atoms with Crippen molar-refractivity contribution in [2.75, 3.05) is 0 Å². The van der Waals surface area contributed by atoms with E-state index in [4.69, 9.17) is 5.73 Å². The Labute approximate surface area is 66.4 Å². The lowest BCUT2D eigenvalue weighted by atomic mass is 10.0. The van der Waals surface area contributed by atoms with E-state index in [0.717, 1.165) is 12.1 Å². The maximum Gasteiger partial charge on any atom is 0.0478 e. The Bertz CT molecular complexity index is 258. The second kappa shape index (κ2) is 2.05. The molecule has 11 heavy (non-hydrogen) atoms. The Morgan fingerprint density at radius 3 is 2.82 bits per heavy atom. The molecule has 2 nitrogen and oxygen atoms in total. The summed E-state index contributed by atoms with van der Waals surface area (Å²) in [7, 11) is 0. The van der Waals surface area contributed by atoms with E-state index in [9.17, 15) is 0 Å². The summed E-state index contributed by atoms with van der Waals surface area (Å²) in [5.41, 5.74) is 7.09. The first kappa shape index (κ1) is 6.80. The van der Waals surface area contributed by atoms with Gasteiger partial charge in [0.15, 0.2) is 0 Å². The molecule has 0 radical (unpaired) electrons. The molecule has 1 aliphatic rings. The van der Waals surface area contributed by atoms with Crippen LogP contribution in [0.15, 0.2) is 24.4 Å². The van der Waals surface area contributed by atoms with Crippen LogP contribution in [0.3, 0.4) is 0 Å². The van der Waals surface area contributed by atoms with Crippen LogP contribution in [-0.2, 0) is 5.41 Å². The molecule has 0 aliphatic heterocycles. The Kier molecular flexibility index (Phi) is 1.26. The van der Waals surface area contributed by atoms with Crippen molar-refractivity contribution >= 4 is 0 Å². The smallest absolute Gasteiger partial charge is 0.0478 e. The number of aromatic nitrogens is 1. The van der Waals surface area contributed by atoms with E-state index in [-0.39, 0.29) is 5.41 Å². The van der Waals surface area contributed by atoms with Crippen molar-refractivity contribution in [3.63, 3.8) is 0 Å². The van der Waals surface area contributed by atoms with Gasteiger partial charge in [-0.15, -0.1) is 0 Å².